The third-order valence-electron chi connectivity index (χ3n) is 12.0. The fourth-order valence-corrected chi connectivity index (χ4v) is 9.51. The van der Waals surface area contributed by atoms with Gasteiger partial charge >= 0.3 is 0 Å². The molecule has 0 spiro atoms. The first-order valence-corrected chi connectivity index (χ1v) is 19.9. The molecule has 0 saturated heterocycles. The quantitative estimate of drug-likeness (QED) is 0.175. The number of rotatable bonds is 5. The van der Waals surface area contributed by atoms with E-state index in [1.165, 1.54) is 10.8 Å². The average Bonchev–Trinajstić information content (AvgIpc) is 4.03. The summed E-state index contributed by atoms with van der Waals surface area (Å²) < 4.78 is 13.6. The number of fused-ring (bicyclic) bond motifs is 12. The lowest BCUT2D eigenvalue weighted by Crippen LogP contribution is -2.13. The Kier molecular flexibility index (Phi) is 6.66. The van der Waals surface area contributed by atoms with E-state index in [9.17, 15) is 0 Å². The van der Waals surface area contributed by atoms with Crippen molar-refractivity contribution in [1.29, 1.82) is 0 Å². The van der Waals surface area contributed by atoms with Crippen molar-refractivity contribution in [2.45, 2.75) is 6.42 Å². The van der Waals surface area contributed by atoms with Crippen molar-refractivity contribution >= 4 is 87.4 Å². The largest absolute Gasteiger partial charge is 0.456 e. The molecule has 0 aliphatic heterocycles. The molecular formula is C52H32N6O. The second-order valence-electron chi connectivity index (χ2n) is 15.2. The molecule has 7 nitrogen and oxygen atoms in total. The Balaban J connectivity index is 1.14. The second kappa shape index (κ2) is 12.2. The summed E-state index contributed by atoms with van der Waals surface area (Å²) in [6.45, 7) is 0. The van der Waals surface area contributed by atoms with Gasteiger partial charge in [-0.3, -0.25) is 9.13 Å². The van der Waals surface area contributed by atoms with Crippen molar-refractivity contribution in [2.24, 2.45) is 0 Å². The van der Waals surface area contributed by atoms with Crippen LogP contribution in [0, 0.1) is 0 Å². The van der Waals surface area contributed by atoms with Crippen molar-refractivity contribution in [3.05, 3.63) is 193 Å². The Morgan fingerprint density at radius 3 is 1.15 bits per heavy atom. The van der Waals surface area contributed by atoms with Gasteiger partial charge in [-0.15, -0.1) is 0 Å². The summed E-state index contributed by atoms with van der Waals surface area (Å²) in [5, 5.41) is 9.09. The van der Waals surface area contributed by atoms with Crippen molar-refractivity contribution in [2.75, 3.05) is 0 Å². The van der Waals surface area contributed by atoms with E-state index >= 15 is 0 Å². The normalized spacial score (nSPS) is 12.1. The number of para-hydroxylation sites is 7. The van der Waals surface area contributed by atoms with Crippen LogP contribution in [0.25, 0.3) is 105 Å². The number of nitrogens with zero attached hydrogens (tertiary/aromatic N) is 6. The maximum absolute atomic E-state index is 6.86. The van der Waals surface area contributed by atoms with Crippen LogP contribution in [0.4, 0.5) is 0 Å². The van der Waals surface area contributed by atoms with Crippen molar-refractivity contribution in [3.8, 4) is 17.6 Å². The molecule has 7 heteroatoms. The highest BCUT2D eigenvalue weighted by atomic mass is 16.3. The first-order valence-electron chi connectivity index (χ1n) is 19.9. The molecule has 0 aliphatic rings. The van der Waals surface area contributed by atoms with Gasteiger partial charge in [-0.1, -0.05) is 127 Å². The van der Waals surface area contributed by atoms with Crippen LogP contribution in [0.5, 0.6) is 0 Å². The van der Waals surface area contributed by atoms with Crippen LogP contribution < -0.4 is 0 Å². The minimum absolute atomic E-state index is 0.379. The first kappa shape index (κ1) is 32.1. The zero-order valence-electron chi connectivity index (χ0n) is 31.6. The number of hydrogen-bond donors (Lipinski definition) is 0. The Morgan fingerprint density at radius 2 is 0.712 bits per heavy atom. The van der Waals surface area contributed by atoms with Crippen LogP contribution in [0.1, 0.15) is 11.4 Å². The lowest BCUT2D eigenvalue weighted by Gasteiger charge is -2.16. The van der Waals surface area contributed by atoms with E-state index in [4.69, 9.17) is 19.4 Å². The van der Waals surface area contributed by atoms with E-state index in [0.717, 1.165) is 87.8 Å². The van der Waals surface area contributed by atoms with E-state index in [2.05, 4.69) is 184 Å². The molecule has 276 valence electrons. The van der Waals surface area contributed by atoms with Crippen LogP contribution in [0.15, 0.2) is 186 Å². The van der Waals surface area contributed by atoms with Gasteiger partial charge in [-0.2, -0.15) is 15.0 Å². The molecule has 0 radical (unpaired) electrons. The van der Waals surface area contributed by atoms with Gasteiger partial charge in [0.25, 0.3) is 0 Å². The average molecular weight is 757 g/mol. The first-order chi connectivity index (χ1) is 29.3. The summed E-state index contributed by atoms with van der Waals surface area (Å²) in [6, 6.07) is 63.9. The molecule has 13 aromatic rings. The standard InChI is InChI=1S/C52H32N6O/c1-8-22-41-32(15-1)33-16-2-9-23-42(33)56(41)47-30-29-39-38-21-7-14-28-48(38)59-50(39)40(47)31-49-53-51(57-43-24-10-3-17-34(43)35-18-4-11-25-44(35)57)55-52(54-49)58-45-26-12-5-19-36(45)37-20-6-13-27-46(37)58/h1-30H,31H2. The topological polar surface area (TPSA) is 66.6 Å². The van der Waals surface area contributed by atoms with Gasteiger partial charge < -0.3 is 8.98 Å². The van der Waals surface area contributed by atoms with Gasteiger partial charge in [0.05, 0.1) is 38.8 Å². The summed E-state index contributed by atoms with van der Waals surface area (Å²) in [7, 11) is 0. The van der Waals surface area contributed by atoms with Gasteiger partial charge in [0, 0.05) is 55.1 Å². The molecule has 0 saturated carbocycles. The molecule has 0 amide bonds. The molecule has 5 aromatic heterocycles. The Hall–Kier alpha value is -8.03. The van der Waals surface area contributed by atoms with Crippen molar-refractivity contribution in [3.63, 3.8) is 0 Å². The number of hydrogen-bond acceptors (Lipinski definition) is 4. The van der Waals surface area contributed by atoms with E-state index in [-0.39, 0.29) is 0 Å². The van der Waals surface area contributed by atoms with Crippen molar-refractivity contribution in [1.82, 2.24) is 28.7 Å². The van der Waals surface area contributed by atoms with Gasteiger partial charge in [0.1, 0.15) is 17.0 Å². The third kappa shape index (κ3) is 4.61. The van der Waals surface area contributed by atoms with E-state index in [0.29, 0.717) is 24.1 Å². The van der Waals surface area contributed by atoms with Gasteiger partial charge in [0.15, 0.2) is 0 Å². The molecule has 0 atom stereocenters. The third-order valence-corrected chi connectivity index (χ3v) is 12.0. The molecule has 8 aromatic carbocycles. The molecule has 5 heterocycles. The minimum atomic E-state index is 0.379. The number of furan rings is 1. The lowest BCUT2D eigenvalue weighted by molar-refractivity contribution is 0.662. The Morgan fingerprint density at radius 1 is 0.339 bits per heavy atom. The van der Waals surface area contributed by atoms with Crippen LogP contribution in [0.2, 0.25) is 0 Å². The molecule has 59 heavy (non-hydrogen) atoms. The highest BCUT2D eigenvalue weighted by Crippen LogP contribution is 2.40. The summed E-state index contributed by atoms with van der Waals surface area (Å²) in [4.78, 5) is 16.2. The fourth-order valence-electron chi connectivity index (χ4n) is 9.51. The summed E-state index contributed by atoms with van der Waals surface area (Å²) in [6.07, 6.45) is 0.379. The molecule has 0 bridgehead atoms. The summed E-state index contributed by atoms with van der Waals surface area (Å²) in [5.74, 6) is 1.74. The maximum Gasteiger partial charge on any atom is 0.239 e. The zero-order chi connectivity index (χ0) is 38.6. The van der Waals surface area contributed by atoms with Crippen LogP contribution in [-0.2, 0) is 6.42 Å². The van der Waals surface area contributed by atoms with Crippen LogP contribution >= 0.6 is 0 Å². The SMILES string of the molecule is c1ccc2c(c1)oc1c(Cc3nc(-n4c5ccccc5c5ccccc54)nc(-n4c5ccccc5c5ccccc54)n3)c(-n3c4ccccc4c4ccccc43)ccc12. The summed E-state index contributed by atoms with van der Waals surface area (Å²) >= 11 is 0. The van der Waals surface area contributed by atoms with E-state index < -0.39 is 0 Å². The predicted molar refractivity (Wildman–Crippen MR) is 239 cm³/mol. The zero-order valence-corrected chi connectivity index (χ0v) is 31.6. The molecule has 0 N–H and O–H groups in total. The molecule has 0 unspecified atom stereocenters. The highest BCUT2D eigenvalue weighted by molar-refractivity contribution is 6.12. The van der Waals surface area contributed by atoms with Gasteiger partial charge in [-0.05, 0) is 54.6 Å². The molecule has 13 rings (SSSR count). The lowest BCUT2D eigenvalue weighted by atomic mass is 10.0. The number of aromatic nitrogens is 6. The monoisotopic (exact) mass is 756 g/mol. The maximum atomic E-state index is 6.86. The number of benzene rings is 8. The van der Waals surface area contributed by atoms with Crippen LogP contribution in [0.3, 0.4) is 0 Å². The second-order valence-corrected chi connectivity index (χ2v) is 15.2. The predicted octanol–water partition coefficient (Wildman–Crippen LogP) is 12.7. The smallest absolute Gasteiger partial charge is 0.239 e. The molecular weight excluding hydrogens is 725 g/mol. The molecule has 0 fully saturated rings. The Labute approximate surface area is 336 Å². The van der Waals surface area contributed by atoms with Gasteiger partial charge in [-0.25, -0.2) is 0 Å². The fraction of sp³-hybridized carbons (Fsp3) is 0.0192. The van der Waals surface area contributed by atoms with E-state index in [1.807, 2.05) is 12.1 Å². The summed E-state index contributed by atoms with van der Waals surface area (Å²) in [5.41, 5.74) is 10.1. The van der Waals surface area contributed by atoms with Gasteiger partial charge in [0.2, 0.25) is 11.9 Å². The van der Waals surface area contributed by atoms with E-state index in [1.54, 1.807) is 0 Å². The highest BCUT2D eigenvalue weighted by Gasteiger charge is 2.24. The minimum Gasteiger partial charge on any atom is -0.456 e. The van der Waals surface area contributed by atoms with Crippen LogP contribution in [-0.4, -0.2) is 28.7 Å². The van der Waals surface area contributed by atoms with Crippen molar-refractivity contribution < 1.29 is 4.42 Å². The Bertz CT molecular complexity index is 3550. The molecule has 0 aliphatic carbocycles.